The van der Waals surface area contributed by atoms with Gasteiger partial charge in [0.25, 0.3) is 6.33 Å². The van der Waals surface area contributed by atoms with Gasteiger partial charge in [0, 0.05) is 17.0 Å². The number of benzene rings is 8. The first-order valence-corrected chi connectivity index (χ1v) is 20.5. The number of nitrogens with zero attached hydrogens (tertiary/aromatic N) is 4. The maximum absolute atomic E-state index is 5.06. The zero-order valence-corrected chi connectivity index (χ0v) is 33.2. The number of para-hydroxylation sites is 4. The Bertz CT molecular complexity index is 3290. The lowest BCUT2D eigenvalue weighted by Crippen LogP contribution is -2.31. The number of aryl methyl sites for hydroxylation is 1. The Morgan fingerprint density at radius 1 is 0.467 bits per heavy atom. The Morgan fingerprint density at radius 3 is 1.85 bits per heavy atom. The van der Waals surface area contributed by atoms with E-state index >= 15 is 0 Å². The Hall–Kier alpha value is -7.82. The van der Waals surface area contributed by atoms with Gasteiger partial charge in [0.05, 0.1) is 16.4 Å². The summed E-state index contributed by atoms with van der Waals surface area (Å²) in [4.78, 5) is 5.06. The molecule has 0 N–H and O–H groups in total. The lowest BCUT2D eigenvalue weighted by Gasteiger charge is -2.37. The van der Waals surface area contributed by atoms with Gasteiger partial charge in [-0.15, -0.1) is 0 Å². The van der Waals surface area contributed by atoms with Crippen molar-refractivity contribution in [3.8, 4) is 28.3 Å². The molecule has 0 aliphatic rings. The number of fused-ring (bicyclic) bond motifs is 4. The summed E-state index contributed by atoms with van der Waals surface area (Å²) in [5.41, 5.74) is 14.3. The average Bonchev–Trinajstić information content (AvgIpc) is 3.87. The molecule has 0 atom stereocenters. The van der Waals surface area contributed by atoms with E-state index in [0.717, 1.165) is 44.8 Å². The SMILES string of the molecule is Cc1ccccc1-c1ccnc(-n2c3ccccc3c3ccc(C(c4ccccc4)(c4ccccc4)c4cccc(-n5c[n+](-c6ccccc6)c6ccccc65)c4)cc32)c1. The van der Waals surface area contributed by atoms with Crippen molar-refractivity contribution in [3.05, 3.63) is 259 Å². The lowest BCUT2D eigenvalue weighted by molar-refractivity contribution is -0.567. The summed E-state index contributed by atoms with van der Waals surface area (Å²) in [5, 5.41) is 2.38. The van der Waals surface area contributed by atoms with Crippen LogP contribution in [0.4, 0.5) is 0 Å². The van der Waals surface area contributed by atoms with Crippen molar-refractivity contribution < 1.29 is 4.57 Å². The van der Waals surface area contributed by atoms with Crippen LogP contribution in [0.2, 0.25) is 0 Å². The van der Waals surface area contributed by atoms with E-state index in [1.165, 1.54) is 44.2 Å². The Kier molecular flexibility index (Phi) is 8.56. The quantitative estimate of drug-likeness (QED) is 0.112. The van der Waals surface area contributed by atoms with Crippen molar-refractivity contribution in [2.24, 2.45) is 0 Å². The first kappa shape index (κ1) is 35.4. The molecular weight excluding hydrogens is 729 g/mol. The highest BCUT2D eigenvalue weighted by molar-refractivity contribution is 6.09. The monoisotopic (exact) mass is 769 g/mol. The van der Waals surface area contributed by atoms with Gasteiger partial charge < -0.3 is 0 Å². The highest BCUT2D eigenvalue weighted by Gasteiger charge is 2.39. The van der Waals surface area contributed by atoms with E-state index in [2.05, 4.69) is 245 Å². The molecule has 3 aromatic heterocycles. The molecule has 0 bridgehead atoms. The van der Waals surface area contributed by atoms with Crippen molar-refractivity contribution in [1.29, 1.82) is 0 Å². The van der Waals surface area contributed by atoms with Crippen LogP contribution in [0.1, 0.15) is 27.8 Å². The van der Waals surface area contributed by atoms with Crippen molar-refractivity contribution >= 4 is 32.8 Å². The van der Waals surface area contributed by atoms with Crippen LogP contribution in [0.3, 0.4) is 0 Å². The third-order valence-electron chi connectivity index (χ3n) is 12.2. The number of pyridine rings is 1. The lowest BCUT2D eigenvalue weighted by atomic mass is 9.65. The molecular formula is C56H41N4+. The molecule has 0 aliphatic heterocycles. The van der Waals surface area contributed by atoms with Crippen molar-refractivity contribution in [2.45, 2.75) is 12.3 Å². The predicted octanol–water partition coefficient (Wildman–Crippen LogP) is 12.8. The van der Waals surface area contributed by atoms with E-state index in [1.807, 2.05) is 6.20 Å². The van der Waals surface area contributed by atoms with Gasteiger partial charge in [0.1, 0.15) is 17.2 Å². The third-order valence-corrected chi connectivity index (χ3v) is 12.2. The van der Waals surface area contributed by atoms with E-state index < -0.39 is 5.41 Å². The molecule has 0 saturated heterocycles. The first-order valence-electron chi connectivity index (χ1n) is 20.5. The van der Waals surface area contributed by atoms with Gasteiger partial charge in [-0.3, -0.25) is 4.57 Å². The van der Waals surface area contributed by atoms with Gasteiger partial charge in [-0.05, 0) is 107 Å². The van der Waals surface area contributed by atoms with Crippen LogP contribution >= 0.6 is 0 Å². The molecule has 60 heavy (non-hydrogen) atoms. The van der Waals surface area contributed by atoms with Crippen LogP contribution in [0, 0.1) is 6.92 Å². The van der Waals surface area contributed by atoms with E-state index in [4.69, 9.17) is 4.98 Å². The van der Waals surface area contributed by atoms with Gasteiger partial charge in [-0.2, -0.15) is 9.13 Å². The second-order valence-corrected chi connectivity index (χ2v) is 15.5. The molecule has 0 saturated carbocycles. The number of aromatic nitrogens is 4. The Balaban J connectivity index is 1.19. The molecule has 4 heteroatoms. The molecule has 0 unspecified atom stereocenters. The standard InChI is InChI=1S/C56H41N4/c1-40-18-11-12-27-48(40)41-34-35-57-55(36-41)60-51-29-14-13-28-49(51)50-33-32-45(38-54(50)60)56(42-19-5-2-6-20-42,43-21-7-3-8-22-43)44-23-17-26-47(37-44)59-39-58(46-24-9-4-10-25-46)52-30-15-16-31-53(52)59/h2-39H,1H3/q+1. The predicted molar refractivity (Wildman–Crippen MR) is 245 cm³/mol. The summed E-state index contributed by atoms with van der Waals surface area (Å²) in [7, 11) is 0. The molecule has 0 fully saturated rings. The number of rotatable bonds is 8. The average molecular weight is 770 g/mol. The molecule has 11 aromatic rings. The van der Waals surface area contributed by atoms with E-state index in [1.54, 1.807) is 0 Å². The molecule has 0 aliphatic carbocycles. The van der Waals surface area contributed by atoms with Crippen LogP contribution in [0.25, 0.3) is 61.2 Å². The number of hydrogen-bond acceptors (Lipinski definition) is 1. The summed E-state index contributed by atoms with van der Waals surface area (Å²) >= 11 is 0. The maximum Gasteiger partial charge on any atom is 0.255 e. The van der Waals surface area contributed by atoms with Crippen LogP contribution < -0.4 is 4.57 Å². The largest absolute Gasteiger partial charge is 0.294 e. The first-order chi connectivity index (χ1) is 29.7. The normalized spacial score (nSPS) is 11.8. The Labute approximate surface area is 349 Å². The van der Waals surface area contributed by atoms with Crippen molar-refractivity contribution in [2.75, 3.05) is 0 Å². The molecule has 11 rings (SSSR count). The summed E-state index contributed by atoms with van der Waals surface area (Å²) in [6, 6.07) is 79.0. The summed E-state index contributed by atoms with van der Waals surface area (Å²) in [6.45, 7) is 2.17. The molecule has 0 radical (unpaired) electrons. The fourth-order valence-corrected chi connectivity index (χ4v) is 9.43. The molecule has 4 nitrogen and oxygen atoms in total. The molecule has 0 amide bonds. The van der Waals surface area contributed by atoms with Gasteiger partial charge in [0.2, 0.25) is 0 Å². The minimum Gasteiger partial charge on any atom is -0.294 e. The zero-order valence-electron chi connectivity index (χ0n) is 33.2. The summed E-state index contributed by atoms with van der Waals surface area (Å²) < 4.78 is 6.95. The van der Waals surface area contributed by atoms with Crippen LogP contribution in [0.15, 0.2) is 231 Å². The van der Waals surface area contributed by atoms with E-state index in [9.17, 15) is 0 Å². The summed E-state index contributed by atoms with van der Waals surface area (Å²) in [5.74, 6) is 0.886. The van der Waals surface area contributed by atoms with Crippen LogP contribution in [-0.2, 0) is 5.41 Å². The number of hydrogen-bond donors (Lipinski definition) is 0. The molecule has 8 aromatic carbocycles. The van der Waals surface area contributed by atoms with E-state index in [-0.39, 0.29) is 0 Å². The molecule has 0 spiro atoms. The maximum atomic E-state index is 5.06. The second kappa shape index (κ2) is 14.5. The van der Waals surface area contributed by atoms with Crippen molar-refractivity contribution in [3.63, 3.8) is 0 Å². The molecule has 3 heterocycles. The van der Waals surface area contributed by atoms with Gasteiger partial charge in [-0.25, -0.2) is 4.98 Å². The van der Waals surface area contributed by atoms with Gasteiger partial charge >= 0.3 is 0 Å². The van der Waals surface area contributed by atoms with Crippen molar-refractivity contribution in [1.82, 2.24) is 14.1 Å². The fourth-order valence-electron chi connectivity index (χ4n) is 9.43. The highest BCUT2D eigenvalue weighted by atomic mass is 15.1. The summed E-state index contributed by atoms with van der Waals surface area (Å²) in [6.07, 6.45) is 4.16. The highest BCUT2D eigenvalue weighted by Crippen LogP contribution is 2.47. The smallest absolute Gasteiger partial charge is 0.255 e. The minimum atomic E-state index is -0.692. The van der Waals surface area contributed by atoms with Gasteiger partial charge in [-0.1, -0.05) is 158 Å². The number of imidazole rings is 1. The van der Waals surface area contributed by atoms with E-state index in [0.29, 0.717) is 0 Å². The second-order valence-electron chi connectivity index (χ2n) is 15.5. The molecule has 284 valence electrons. The topological polar surface area (TPSA) is 26.6 Å². The third kappa shape index (κ3) is 5.68. The zero-order chi connectivity index (χ0) is 40.0. The minimum absolute atomic E-state index is 0.692. The van der Waals surface area contributed by atoms with Gasteiger partial charge in [0.15, 0.2) is 11.0 Å². The Morgan fingerprint density at radius 2 is 1.08 bits per heavy atom. The fraction of sp³-hybridized carbons (Fsp3) is 0.0357. The van der Waals surface area contributed by atoms with Crippen LogP contribution in [0.5, 0.6) is 0 Å². The van der Waals surface area contributed by atoms with Crippen LogP contribution in [-0.4, -0.2) is 14.1 Å².